The molecule has 2 amide bonds. The Morgan fingerprint density at radius 3 is 2.45 bits per heavy atom. The molecule has 0 saturated carbocycles. The number of unbranched alkanes of at least 4 members (excludes halogenated alkanes) is 2. The van der Waals surface area contributed by atoms with E-state index in [0.717, 1.165) is 63.1 Å². The third-order valence-electron chi connectivity index (χ3n) is 6.58. The van der Waals surface area contributed by atoms with Crippen LogP contribution in [0.2, 0.25) is 0 Å². The summed E-state index contributed by atoms with van der Waals surface area (Å²) in [6.07, 6.45) is 3.14. The van der Waals surface area contributed by atoms with Crippen LogP contribution in [0.1, 0.15) is 47.2 Å². The maximum atomic E-state index is 12.8. The Balaban J connectivity index is 0.00000507. The van der Waals surface area contributed by atoms with E-state index in [1.807, 2.05) is 61.2 Å². The summed E-state index contributed by atoms with van der Waals surface area (Å²) in [5.74, 6) is 0.732. The highest BCUT2D eigenvalue weighted by Crippen LogP contribution is 2.27. The highest BCUT2D eigenvalue weighted by atomic mass is 35.5. The van der Waals surface area contributed by atoms with Crippen molar-refractivity contribution in [2.24, 2.45) is 0 Å². The second-order valence-electron chi connectivity index (χ2n) is 9.49. The SMILES string of the molecule is Cc1ccc(NC(=O)c2ccccc2C)c(OCCCCCC(=O)N2CCN(CCOCCO)CC2)c1.Cl. The van der Waals surface area contributed by atoms with Crippen LogP contribution in [0.25, 0.3) is 0 Å². The van der Waals surface area contributed by atoms with Gasteiger partial charge in [0, 0.05) is 44.7 Å². The van der Waals surface area contributed by atoms with E-state index >= 15 is 0 Å². The first kappa shape index (κ1) is 31.6. The zero-order valence-electron chi connectivity index (χ0n) is 22.6. The first-order valence-corrected chi connectivity index (χ1v) is 13.3. The smallest absolute Gasteiger partial charge is 0.256 e. The number of aliphatic hydroxyl groups excluding tert-OH is 1. The van der Waals surface area contributed by atoms with Gasteiger partial charge in [0.05, 0.1) is 32.1 Å². The second kappa shape index (κ2) is 17.0. The predicted octanol–water partition coefficient (Wildman–Crippen LogP) is 4.07. The minimum Gasteiger partial charge on any atom is -0.491 e. The molecule has 0 aromatic heterocycles. The largest absolute Gasteiger partial charge is 0.491 e. The molecule has 0 aliphatic carbocycles. The summed E-state index contributed by atoms with van der Waals surface area (Å²) in [4.78, 5) is 29.6. The average molecular weight is 548 g/mol. The molecule has 0 bridgehead atoms. The number of carbonyl (C=O) groups is 2. The number of hydrogen-bond donors (Lipinski definition) is 2. The number of anilines is 1. The summed E-state index contributed by atoms with van der Waals surface area (Å²) < 4.78 is 11.4. The van der Waals surface area contributed by atoms with Gasteiger partial charge in [0.15, 0.2) is 0 Å². The predicted molar refractivity (Wildman–Crippen MR) is 152 cm³/mol. The Labute approximate surface area is 232 Å². The molecule has 1 heterocycles. The quantitative estimate of drug-likeness (QED) is 0.346. The van der Waals surface area contributed by atoms with Crippen molar-refractivity contribution in [3.8, 4) is 5.75 Å². The van der Waals surface area contributed by atoms with Gasteiger partial charge < -0.3 is 24.8 Å². The van der Waals surface area contributed by atoms with Crippen molar-refractivity contribution >= 4 is 29.9 Å². The third kappa shape index (κ3) is 10.3. The van der Waals surface area contributed by atoms with Gasteiger partial charge in [0.2, 0.25) is 5.91 Å². The number of amides is 2. The summed E-state index contributed by atoms with van der Waals surface area (Å²) in [5, 5.41) is 11.7. The molecule has 3 rings (SSSR count). The van der Waals surface area contributed by atoms with Crippen LogP contribution in [0.15, 0.2) is 42.5 Å². The average Bonchev–Trinajstić information content (AvgIpc) is 2.90. The Hall–Kier alpha value is -2.65. The number of rotatable bonds is 14. The molecule has 0 radical (unpaired) electrons. The normalized spacial score (nSPS) is 13.6. The van der Waals surface area contributed by atoms with Gasteiger partial charge in [-0.05, 0) is 62.4 Å². The molecule has 38 heavy (non-hydrogen) atoms. The number of aryl methyl sites for hydroxylation is 2. The zero-order chi connectivity index (χ0) is 26.5. The maximum absolute atomic E-state index is 12.8. The minimum atomic E-state index is -0.152. The van der Waals surface area contributed by atoms with Gasteiger partial charge in [-0.15, -0.1) is 12.4 Å². The number of benzene rings is 2. The van der Waals surface area contributed by atoms with Crippen molar-refractivity contribution in [3.05, 3.63) is 59.2 Å². The van der Waals surface area contributed by atoms with E-state index in [1.165, 1.54) is 0 Å². The zero-order valence-corrected chi connectivity index (χ0v) is 23.4. The lowest BCUT2D eigenvalue weighted by molar-refractivity contribution is -0.133. The lowest BCUT2D eigenvalue weighted by Gasteiger charge is -2.34. The number of nitrogens with one attached hydrogen (secondary N) is 1. The summed E-state index contributed by atoms with van der Waals surface area (Å²) in [5.41, 5.74) is 3.29. The van der Waals surface area contributed by atoms with E-state index < -0.39 is 0 Å². The number of hydrogen-bond acceptors (Lipinski definition) is 6. The van der Waals surface area contributed by atoms with Crippen LogP contribution in [0.3, 0.4) is 0 Å². The van der Waals surface area contributed by atoms with E-state index in [9.17, 15) is 9.59 Å². The molecule has 0 spiro atoms. The molecule has 1 fully saturated rings. The van der Waals surface area contributed by atoms with Crippen molar-refractivity contribution < 1.29 is 24.2 Å². The van der Waals surface area contributed by atoms with Crippen LogP contribution in [0, 0.1) is 13.8 Å². The third-order valence-corrected chi connectivity index (χ3v) is 6.58. The van der Waals surface area contributed by atoms with Crippen molar-refractivity contribution in [2.45, 2.75) is 39.5 Å². The fourth-order valence-electron chi connectivity index (χ4n) is 4.35. The van der Waals surface area contributed by atoms with Gasteiger partial charge in [0.1, 0.15) is 5.75 Å². The summed E-state index contributed by atoms with van der Waals surface area (Å²) in [7, 11) is 0. The summed E-state index contributed by atoms with van der Waals surface area (Å²) >= 11 is 0. The van der Waals surface area contributed by atoms with E-state index in [0.29, 0.717) is 43.2 Å². The molecule has 1 aliphatic heterocycles. The van der Waals surface area contributed by atoms with Crippen molar-refractivity contribution in [3.63, 3.8) is 0 Å². The molecule has 0 atom stereocenters. The van der Waals surface area contributed by atoms with Crippen LogP contribution < -0.4 is 10.1 Å². The molecule has 2 aromatic rings. The number of halogens is 1. The van der Waals surface area contributed by atoms with Gasteiger partial charge in [-0.2, -0.15) is 0 Å². The maximum Gasteiger partial charge on any atom is 0.256 e. The van der Waals surface area contributed by atoms with Crippen LogP contribution >= 0.6 is 12.4 Å². The summed E-state index contributed by atoms with van der Waals surface area (Å²) in [6, 6.07) is 13.3. The van der Waals surface area contributed by atoms with E-state index in [4.69, 9.17) is 14.6 Å². The molecule has 1 saturated heterocycles. The molecule has 9 heteroatoms. The van der Waals surface area contributed by atoms with Crippen LogP contribution in [0.4, 0.5) is 5.69 Å². The molecule has 1 aliphatic rings. The number of ether oxygens (including phenoxy) is 2. The number of aliphatic hydroxyl groups is 1. The number of carbonyl (C=O) groups excluding carboxylic acids is 2. The highest BCUT2D eigenvalue weighted by molar-refractivity contribution is 6.06. The van der Waals surface area contributed by atoms with Crippen molar-refractivity contribution in [2.75, 3.05) is 64.5 Å². The molecular weight excluding hydrogens is 506 g/mol. The molecule has 0 unspecified atom stereocenters. The lowest BCUT2D eigenvalue weighted by Crippen LogP contribution is -2.49. The van der Waals surface area contributed by atoms with Crippen LogP contribution in [-0.2, 0) is 9.53 Å². The first-order chi connectivity index (χ1) is 18.0. The monoisotopic (exact) mass is 547 g/mol. The fraction of sp³-hybridized carbons (Fsp3) is 0.517. The number of nitrogens with zero attached hydrogens (tertiary/aromatic N) is 2. The van der Waals surface area contributed by atoms with Gasteiger partial charge >= 0.3 is 0 Å². The number of piperazine rings is 1. The van der Waals surface area contributed by atoms with E-state index in [2.05, 4.69) is 10.2 Å². The van der Waals surface area contributed by atoms with Crippen LogP contribution in [0.5, 0.6) is 5.75 Å². The van der Waals surface area contributed by atoms with Gasteiger partial charge in [-0.3, -0.25) is 14.5 Å². The highest BCUT2D eigenvalue weighted by Gasteiger charge is 2.20. The van der Waals surface area contributed by atoms with Crippen LogP contribution in [-0.4, -0.2) is 85.9 Å². The Kier molecular flexibility index (Phi) is 14.2. The Morgan fingerprint density at radius 1 is 0.947 bits per heavy atom. The molecule has 2 N–H and O–H groups in total. The Morgan fingerprint density at radius 2 is 1.71 bits per heavy atom. The standard InChI is InChI=1S/C29H41N3O5.ClH/c1-23-11-12-26(30-29(35)25-9-6-5-8-24(25)2)27(22-23)37-19-7-3-4-10-28(34)32-15-13-31(14-16-32)17-20-36-21-18-33;/h5-6,8-9,11-12,22,33H,3-4,7,10,13-21H2,1-2H3,(H,30,35);1H. The van der Waals surface area contributed by atoms with E-state index in [1.54, 1.807) is 0 Å². The minimum absolute atomic E-state index is 0. The topological polar surface area (TPSA) is 91.3 Å². The first-order valence-electron chi connectivity index (χ1n) is 13.3. The van der Waals surface area contributed by atoms with Crippen molar-refractivity contribution in [1.29, 1.82) is 0 Å². The molecular formula is C29H42ClN3O5. The van der Waals surface area contributed by atoms with Gasteiger partial charge in [-0.25, -0.2) is 0 Å². The summed E-state index contributed by atoms with van der Waals surface area (Å²) in [6.45, 7) is 9.55. The Bertz CT molecular complexity index is 1010. The van der Waals surface area contributed by atoms with E-state index in [-0.39, 0.29) is 30.8 Å². The molecule has 8 nitrogen and oxygen atoms in total. The molecule has 2 aromatic carbocycles. The van der Waals surface area contributed by atoms with Gasteiger partial charge in [-0.1, -0.05) is 24.3 Å². The van der Waals surface area contributed by atoms with Crippen molar-refractivity contribution in [1.82, 2.24) is 9.80 Å². The molecule has 210 valence electrons. The fourth-order valence-corrected chi connectivity index (χ4v) is 4.35. The lowest BCUT2D eigenvalue weighted by atomic mass is 10.1. The van der Waals surface area contributed by atoms with Gasteiger partial charge in [0.25, 0.3) is 5.91 Å². The second-order valence-corrected chi connectivity index (χ2v) is 9.49.